The van der Waals surface area contributed by atoms with E-state index in [4.69, 9.17) is 4.74 Å². The number of rotatable bonds is 57. The summed E-state index contributed by atoms with van der Waals surface area (Å²) >= 11 is 0. The van der Waals surface area contributed by atoms with Crippen molar-refractivity contribution in [2.24, 2.45) is 0 Å². The van der Waals surface area contributed by atoms with Crippen molar-refractivity contribution in [3.05, 3.63) is 0 Å². The Bertz CT molecular complexity index is 944. The van der Waals surface area contributed by atoms with Gasteiger partial charge in [-0.3, -0.25) is 9.59 Å². The molecule has 2 atom stereocenters. The van der Waals surface area contributed by atoms with Crippen LogP contribution in [0.3, 0.4) is 0 Å². The largest absolute Gasteiger partial charge is 0.466 e. The predicted molar refractivity (Wildman–Crippen MR) is 287 cm³/mol. The fourth-order valence-corrected chi connectivity index (χ4v) is 9.76. The maximum atomic E-state index is 12.5. The molecule has 0 aliphatic rings. The Morgan fingerprint density at radius 2 is 0.621 bits per heavy atom. The Balaban J connectivity index is 3.37. The monoisotopic (exact) mass is 934 g/mol. The highest BCUT2D eigenvalue weighted by Crippen LogP contribution is 2.18. The van der Waals surface area contributed by atoms with Gasteiger partial charge in [0.05, 0.1) is 25.4 Å². The zero-order chi connectivity index (χ0) is 47.9. The van der Waals surface area contributed by atoms with Gasteiger partial charge in [0.1, 0.15) is 0 Å². The summed E-state index contributed by atoms with van der Waals surface area (Å²) in [6, 6.07) is -0.540. The number of esters is 1. The number of ether oxygens (including phenoxy) is 1. The molecule has 0 heterocycles. The van der Waals surface area contributed by atoms with Crippen LogP contribution < -0.4 is 5.32 Å². The van der Waals surface area contributed by atoms with Crippen LogP contribution in [0.4, 0.5) is 0 Å². The van der Waals surface area contributed by atoms with E-state index in [9.17, 15) is 19.8 Å². The Labute approximate surface area is 413 Å². The highest BCUT2D eigenvalue weighted by Gasteiger charge is 2.20. The third-order valence-electron chi connectivity index (χ3n) is 14.4. The van der Waals surface area contributed by atoms with Crippen molar-refractivity contribution in [2.45, 2.75) is 360 Å². The molecule has 0 aromatic carbocycles. The lowest BCUT2D eigenvalue weighted by atomic mass is 10.0. The first-order valence-electron chi connectivity index (χ1n) is 30.3. The van der Waals surface area contributed by atoms with Gasteiger partial charge in [-0.1, -0.05) is 309 Å². The number of aliphatic hydroxyl groups excluding tert-OH is 2. The molecule has 0 bridgehead atoms. The second kappa shape index (κ2) is 56.4. The molecule has 6 heteroatoms. The van der Waals surface area contributed by atoms with Crippen LogP contribution in [0.5, 0.6) is 0 Å². The van der Waals surface area contributed by atoms with Gasteiger partial charge in [0.15, 0.2) is 0 Å². The first-order chi connectivity index (χ1) is 32.5. The van der Waals surface area contributed by atoms with Crippen molar-refractivity contribution in [3.8, 4) is 0 Å². The topological polar surface area (TPSA) is 95.9 Å². The molecule has 0 fully saturated rings. The van der Waals surface area contributed by atoms with E-state index < -0.39 is 12.1 Å². The smallest absolute Gasteiger partial charge is 0.305 e. The number of carbonyl (C=O) groups is 2. The zero-order valence-electron chi connectivity index (χ0n) is 45.0. The number of hydrogen-bond donors (Lipinski definition) is 3. The van der Waals surface area contributed by atoms with Crippen molar-refractivity contribution in [3.63, 3.8) is 0 Å². The number of amides is 1. The van der Waals surface area contributed by atoms with Gasteiger partial charge in [-0.15, -0.1) is 0 Å². The molecule has 6 nitrogen and oxygen atoms in total. The third kappa shape index (κ3) is 52.2. The highest BCUT2D eigenvalue weighted by atomic mass is 16.5. The summed E-state index contributed by atoms with van der Waals surface area (Å²) in [5, 5.41) is 23.3. The Kier molecular flexibility index (Phi) is 55.5. The fourth-order valence-electron chi connectivity index (χ4n) is 9.76. The van der Waals surface area contributed by atoms with Crippen LogP contribution in [-0.2, 0) is 14.3 Å². The normalized spacial score (nSPS) is 12.5. The van der Waals surface area contributed by atoms with Gasteiger partial charge in [0, 0.05) is 12.8 Å². The maximum absolute atomic E-state index is 12.5. The predicted octanol–water partition coefficient (Wildman–Crippen LogP) is 18.7. The van der Waals surface area contributed by atoms with E-state index in [2.05, 4.69) is 19.2 Å². The molecule has 0 rings (SSSR count). The fraction of sp³-hybridized carbons (Fsp3) is 0.967. The molecular weight excluding hydrogens is 815 g/mol. The molecule has 1 amide bonds. The van der Waals surface area contributed by atoms with E-state index in [0.29, 0.717) is 25.9 Å². The summed E-state index contributed by atoms with van der Waals surface area (Å²) in [6.07, 6.45) is 65.3. The lowest BCUT2D eigenvalue weighted by Gasteiger charge is -2.22. The van der Waals surface area contributed by atoms with Gasteiger partial charge in [-0.25, -0.2) is 0 Å². The van der Waals surface area contributed by atoms with E-state index >= 15 is 0 Å². The summed E-state index contributed by atoms with van der Waals surface area (Å²) in [5.74, 6) is -0.0180. The lowest BCUT2D eigenvalue weighted by Crippen LogP contribution is -2.45. The molecule has 0 spiro atoms. The minimum absolute atomic E-state index is 0.0139. The van der Waals surface area contributed by atoms with Crippen LogP contribution in [-0.4, -0.2) is 47.4 Å². The summed E-state index contributed by atoms with van der Waals surface area (Å²) < 4.78 is 5.47. The van der Waals surface area contributed by atoms with Crippen LogP contribution in [0, 0.1) is 0 Å². The number of hydrogen-bond acceptors (Lipinski definition) is 5. The molecule has 0 aromatic rings. The van der Waals surface area contributed by atoms with E-state index in [1.54, 1.807) is 0 Å². The van der Waals surface area contributed by atoms with Crippen LogP contribution >= 0.6 is 0 Å². The minimum Gasteiger partial charge on any atom is -0.466 e. The standard InChI is InChI=1S/C60H119NO5/c1-3-5-7-9-11-13-15-16-17-26-29-33-36-40-44-48-52-58(63)57(56-62)61-59(64)53-49-45-41-37-34-30-27-24-22-20-18-19-21-23-25-28-31-35-39-43-47-51-55-66-60(65)54-50-46-42-38-32-14-12-10-8-6-4-2/h57-58,62-63H,3-56H2,1-2H3,(H,61,64). The second-order valence-electron chi connectivity index (χ2n) is 21.1. The van der Waals surface area contributed by atoms with Crippen LogP contribution in [0.2, 0.25) is 0 Å². The molecule has 66 heavy (non-hydrogen) atoms. The average Bonchev–Trinajstić information content (AvgIpc) is 3.32. The van der Waals surface area contributed by atoms with E-state index in [1.807, 2.05) is 0 Å². The zero-order valence-corrected chi connectivity index (χ0v) is 45.0. The number of unbranched alkanes of at least 4 members (excludes halogenated alkanes) is 46. The third-order valence-corrected chi connectivity index (χ3v) is 14.4. The average molecular weight is 935 g/mol. The molecule has 0 aliphatic heterocycles. The van der Waals surface area contributed by atoms with Crippen molar-refractivity contribution >= 4 is 11.9 Å². The van der Waals surface area contributed by atoms with Gasteiger partial charge in [-0.2, -0.15) is 0 Å². The lowest BCUT2D eigenvalue weighted by molar-refractivity contribution is -0.143. The second-order valence-corrected chi connectivity index (χ2v) is 21.1. The molecule has 0 aromatic heterocycles. The van der Waals surface area contributed by atoms with Gasteiger partial charge >= 0.3 is 5.97 Å². The summed E-state index contributed by atoms with van der Waals surface area (Å²) in [7, 11) is 0. The van der Waals surface area contributed by atoms with Crippen LogP contribution in [0.1, 0.15) is 348 Å². The quantitative estimate of drug-likeness (QED) is 0.0417. The van der Waals surface area contributed by atoms with E-state index in [1.165, 1.54) is 276 Å². The van der Waals surface area contributed by atoms with Crippen molar-refractivity contribution in [1.82, 2.24) is 5.32 Å². The summed E-state index contributed by atoms with van der Waals surface area (Å²) in [6.45, 7) is 4.98. The molecule has 394 valence electrons. The minimum atomic E-state index is -0.663. The van der Waals surface area contributed by atoms with Gasteiger partial charge in [-0.05, 0) is 25.7 Å². The van der Waals surface area contributed by atoms with Crippen LogP contribution in [0.25, 0.3) is 0 Å². The first kappa shape index (κ1) is 64.9. The first-order valence-corrected chi connectivity index (χ1v) is 30.3. The van der Waals surface area contributed by atoms with Crippen molar-refractivity contribution < 1.29 is 24.5 Å². The molecule has 0 saturated heterocycles. The SMILES string of the molecule is CCCCCCCCCCCCCCCCCCC(O)C(CO)NC(=O)CCCCCCCCCCCCCCCCCCCCCCCCOC(=O)CCCCCCCCCCCCC. The van der Waals surface area contributed by atoms with E-state index in [-0.39, 0.29) is 18.5 Å². The molecule has 0 radical (unpaired) electrons. The highest BCUT2D eigenvalue weighted by molar-refractivity contribution is 5.76. The van der Waals surface area contributed by atoms with Gasteiger partial charge < -0.3 is 20.3 Å². The Morgan fingerprint density at radius 1 is 0.364 bits per heavy atom. The molecular formula is C60H119NO5. The van der Waals surface area contributed by atoms with E-state index in [0.717, 1.165) is 38.5 Å². The van der Waals surface area contributed by atoms with Gasteiger partial charge in [0.2, 0.25) is 5.91 Å². The number of carbonyl (C=O) groups excluding carboxylic acids is 2. The van der Waals surface area contributed by atoms with Crippen molar-refractivity contribution in [1.29, 1.82) is 0 Å². The summed E-state index contributed by atoms with van der Waals surface area (Å²) in [4.78, 5) is 24.5. The molecule has 0 aliphatic carbocycles. The molecule has 0 saturated carbocycles. The molecule has 2 unspecified atom stereocenters. The Hall–Kier alpha value is -1.14. The Morgan fingerprint density at radius 3 is 0.924 bits per heavy atom. The van der Waals surface area contributed by atoms with Crippen molar-refractivity contribution in [2.75, 3.05) is 13.2 Å². The van der Waals surface area contributed by atoms with Crippen LogP contribution in [0.15, 0.2) is 0 Å². The van der Waals surface area contributed by atoms with Gasteiger partial charge in [0.25, 0.3) is 0 Å². The number of aliphatic hydroxyl groups is 2. The molecule has 3 N–H and O–H groups in total. The summed E-state index contributed by atoms with van der Waals surface area (Å²) in [5.41, 5.74) is 0. The maximum Gasteiger partial charge on any atom is 0.305 e. The number of nitrogens with one attached hydrogen (secondary N) is 1.